The summed E-state index contributed by atoms with van der Waals surface area (Å²) in [4.78, 5) is 28.1. The van der Waals surface area contributed by atoms with E-state index in [1.165, 1.54) is 17.5 Å². The van der Waals surface area contributed by atoms with Crippen LogP contribution in [0.5, 0.6) is 0 Å². The van der Waals surface area contributed by atoms with E-state index in [1.54, 1.807) is 20.8 Å². The van der Waals surface area contributed by atoms with Crippen LogP contribution in [0.2, 0.25) is 0 Å². The quantitative estimate of drug-likeness (QED) is 0.693. The molecule has 0 fully saturated rings. The molecular weight excluding hydrogens is 381 g/mol. The number of halogens is 3. The first-order valence-corrected chi connectivity index (χ1v) is 8.95. The minimum absolute atomic E-state index is 0.0561. The van der Waals surface area contributed by atoms with Gasteiger partial charge in [0.15, 0.2) is 5.13 Å². The summed E-state index contributed by atoms with van der Waals surface area (Å²) in [6, 6.07) is 3.87. The van der Waals surface area contributed by atoms with Crippen LogP contribution in [0, 0.1) is 0 Å². The number of aromatic nitrogens is 1. The van der Waals surface area contributed by atoms with Gasteiger partial charge >= 0.3 is 6.18 Å². The fourth-order valence-corrected chi connectivity index (χ4v) is 2.79. The molecule has 0 bridgehead atoms. The summed E-state index contributed by atoms with van der Waals surface area (Å²) in [5.41, 5.74) is -0.513. The van der Waals surface area contributed by atoms with Crippen molar-refractivity contribution in [3.8, 4) is 0 Å². The standard InChI is InChI=1S/C17H19F3N4O2S/c1-9(2)21-14(25)10(3)22-15(26)13-8-27-16(24-13)23-12-6-4-5-11(7-12)17(18,19)20/h4-10H,1-3H3,(H,21,25)(H,22,26)(H,23,24). The molecule has 2 amide bonds. The van der Waals surface area contributed by atoms with Crippen molar-refractivity contribution in [2.75, 3.05) is 5.32 Å². The molecule has 0 radical (unpaired) electrons. The number of benzene rings is 1. The third kappa shape index (κ3) is 5.95. The van der Waals surface area contributed by atoms with Gasteiger partial charge in [0.2, 0.25) is 5.91 Å². The second-order valence-corrected chi connectivity index (χ2v) is 6.96. The lowest BCUT2D eigenvalue weighted by Gasteiger charge is -2.15. The van der Waals surface area contributed by atoms with Crippen LogP contribution in [0.4, 0.5) is 24.0 Å². The number of amides is 2. The van der Waals surface area contributed by atoms with Gasteiger partial charge in [-0.1, -0.05) is 6.07 Å². The van der Waals surface area contributed by atoms with Gasteiger partial charge in [-0.05, 0) is 39.0 Å². The lowest BCUT2D eigenvalue weighted by Crippen LogP contribution is -2.46. The number of rotatable bonds is 6. The third-order valence-electron chi connectivity index (χ3n) is 3.35. The largest absolute Gasteiger partial charge is 0.416 e. The number of nitrogens with zero attached hydrogens (tertiary/aromatic N) is 1. The number of alkyl halides is 3. The van der Waals surface area contributed by atoms with Crippen molar-refractivity contribution in [3.05, 3.63) is 40.9 Å². The summed E-state index contributed by atoms with van der Waals surface area (Å²) in [5, 5.41) is 9.66. The van der Waals surface area contributed by atoms with Crippen LogP contribution in [0.3, 0.4) is 0 Å². The fourth-order valence-electron chi connectivity index (χ4n) is 2.08. The van der Waals surface area contributed by atoms with Crippen molar-refractivity contribution < 1.29 is 22.8 Å². The Morgan fingerprint density at radius 2 is 1.85 bits per heavy atom. The van der Waals surface area contributed by atoms with Gasteiger partial charge in [0.05, 0.1) is 5.56 Å². The monoisotopic (exact) mass is 400 g/mol. The first-order valence-electron chi connectivity index (χ1n) is 8.07. The molecule has 0 aliphatic heterocycles. The van der Waals surface area contributed by atoms with E-state index in [1.807, 2.05) is 0 Å². The maximum atomic E-state index is 12.8. The van der Waals surface area contributed by atoms with E-state index in [9.17, 15) is 22.8 Å². The van der Waals surface area contributed by atoms with Crippen LogP contribution in [-0.4, -0.2) is 28.9 Å². The highest BCUT2D eigenvalue weighted by atomic mass is 32.1. The zero-order valence-corrected chi connectivity index (χ0v) is 15.7. The van der Waals surface area contributed by atoms with E-state index in [4.69, 9.17) is 0 Å². The summed E-state index contributed by atoms with van der Waals surface area (Å²) in [7, 11) is 0. The number of nitrogens with one attached hydrogen (secondary N) is 3. The average Bonchev–Trinajstić information content (AvgIpc) is 3.02. The van der Waals surface area contributed by atoms with E-state index in [2.05, 4.69) is 20.9 Å². The van der Waals surface area contributed by atoms with Gasteiger partial charge in [-0.3, -0.25) is 9.59 Å². The Labute approximate surface area is 158 Å². The number of thiazole rings is 1. The lowest BCUT2D eigenvalue weighted by atomic mass is 10.2. The average molecular weight is 400 g/mol. The van der Waals surface area contributed by atoms with E-state index >= 15 is 0 Å². The van der Waals surface area contributed by atoms with Crippen LogP contribution in [-0.2, 0) is 11.0 Å². The third-order valence-corrected chi connectivity index (χ3v) is 4.11. The zero-order chi connectivity index (χ0) is 20.2. The Balaban J connectivity index is 2.02. The predicted molar refractivity (Wildman–Crippen MR) is 97.0 cm³/mol. The van der Waals surface area contributed by atoms with Crippen LogP contribution in [0.15, 0.2) is 29.6 Å². The van der Waals surface area contributed by atoms with Gasteiger partial charge in [0.25, 0.3) is 5.91 Å². The van der Waals surface area contributed by atoms with Crippen molar-refractivity contribution in [2.24, 2.45) is 0 Å². The number of carbonyl (C=O) groups is 2. The Bertz CT molecular complexity index is 821. The molecule has 10 heteroatoms. The highest BCUT2D eigenvalue weighted by molar-refractivity contribution is 7.14. The van der Waals surface area contributed by atoms with Crippen LogP contribution in [0.1, 0.15) is 36.8 Å². The molecule has 1 aromatic heterocycles. The Hall–Kier alpha value is -2.62. The lowest BCUT2D eigenvalue weighted by molar-refractivity contribution is -0.137. The molecule has 0 aliphatic carbocycles. The smallest absolute Gasteiger partial charge is 0.352 e. The fraction of sp³-hybridized carbons (Fsp3) is 0.353. The molecule has 6 nitrogen and oxygen atoms in total. The van der Waals surface area contributed by atoms with Crippen LogP contribution in [0.25, 0.3) is 0 Å². The summed E-state index contributed by atoms with van der Waals surface area (Å²) < 4.78 is 38.3. The van der Waals surface area contributed by atoms with Gasteiger partial charge in [-0.25, -0.2) is 4.98 Å². The second kappa shape index (κ2) is 8.38. The molecule has 146 valence electrons. The normalized spacial score (nSPS) is 12.6. The Morgan fingerprint density at radius 1 is 1.15 bits per heavy atom. The van der Waals surface area contributed by atoms with Crippen molar-refractivity contribution in [2.45, 2.75) is 39.0 Å². The molecule has 1 unspecified atom stereocenters. The number of hydrogen-bond acceptors (Lipinski definition) is 5. The first kappa shape index (κ1) is 20.7. The van der Waals surface area contributed by atoms with E-state index in [0.717, 1.165) is 23.5 Å². The Kier molecular flexibility index (Phi) is 6.42. The van der Waals surface area contributed by atoms with E-state index in [0.29, 0.717) is 0 Å². The number of anilines is 2. The molecule has 1 heterocycles. The zero-order valence-electron chi connectivity index (χ0n) is 14.8. The predicted octanol–water partition coefficient (Wildman–Crippen LogP) is 3.55. The van der Waals surface area contributed by atoms with E-state index in [-0.39, 0.29) is 28.5 Å². The molecule has 2 aromatic rings. The Morgan fingerprint density at radius 3 is 2.48 bits per heavy atom. The van der Waals surface area contributed by atoms with Crippen LogP contribution >= 0.6 is 11.3 Å². The summed E-state index contributed by atoms with van der Waals surface area (Å²) in [6.07, 6.45) is -4.45. The van der Waals surface area contributed by atoms with Gasteiger partial charge in [-0.15, -0.1) is 11.3 Å². The topological polar surface area (TPSA) is 83.1 Å². The summed E-state index contributed by atoms with van der Waals surface area (Å²) >= 11 is 1.07. The second-order valence-electron chi connectivity index (χ2n) is 6.10. The number of hydrogen-bond donors (Lipinski definition) is 3. The SMILES string of the molecule is CC(C)NC(=O)C(C)NC(=O)c1csc(Nc2cccc(C(F)(F)F)c2)n1. The molecule has 0 aliphatic rings. The molecule has 0 saturated heterocycles. The van der Waals surface area contributed by atoms with Crippen molar-refractivity contribution in [1.29, 1.82) is 0 Å². The molecule has 27 heavy (non-hydrogen) atoms. The summed E-state index contributed by atoms with van der Waals surface area (Å²) in [5.74, 6) is -0.870. The maximum absolute atomic E-state index is 12.8. The van der Waals surface area contributed by atoms with Crippen molar-refractivity contribution >= 4 is 34.0 Å². The molecule has 0 saturated carbocycles. The molecule has 3 N–H and O–H groups in total. The first-order chi connectivity index (χ1) is 12.6. The van der Waals surface area contributed by atoms with Gasteiger partial charge < -0.3 is 16.0 Å². The maximum Gasteiger partial charge on any atom is 0.416 e. The van der Waals surface area contributed by atoms with E-state index < -0.39 is 23.7 Å². The van der Waals surface area contributed by atoms with Crippen LogP contribution < -0.4 is 16.0 Å². The summed E-state index contributed by atoms with van der Waals surface area (Å²) in [6.45, 7) is 5.15. The van der Waals surface area contributed by atoms with Gasteiger partial charge in [-0.2, -0.15) is 13.2 Å². The highest BCUT2D eigenvalue weighted by Crippen LogP contribution is 2.31. The van der Waals surface area contributed by atoms with Gasteiger partial charge in [0.1, 0.15) is 11.7 Å². The van der Waals surface area contributed by atoms with Crippen molar-refractivity contribution in [3.63, 3.8) is 0 Å². The van der Waals surface area contributed by atoms with Gasteiger partial charge in [0, 0.05) is 17.1 Å². The molecule has 1 aromatic carbocycles. The molecular formula is C17H19F3N4O2S. The highest BCUT2D eigenvalue weighted by Gasteiger charge is 2.30. The molecule has 1 atom stereocenters. The minimum atomic E-state index is -4.45. The molecule has 2 rings (SSSR count). The number of carbonyl (C=O) groups excluding carboxylic acids is 2. The minimum Gasteiger partial charge on any atom is -0.352 e. The molecule has 0 spiro atoms. The van der Waals surface area contributed by atoms with Crippen molar-refractivity contribution in [1.82, 2.24) is 15.6 Å².